The molecule has 1 amide bonds. The minimum absolute atomic E-state index is 0.131. The summed E-state index contributed by atoms with van der Waals surface area (Å²) in [5.74, 6) is 1.02. The summed E-state index contributed by atoms with van der Waals surface area (Å²) in [6.07, 6.45) is 2.03. The molecule has 0 saturated carbocycles. The van der Waals surface area contributed by atoms with E-state index in [1.54, 1.807) is 0 Å². The van der Waals surface area contributed by atoms with Crippen LogP contribution in [0.15, 0.2) is 48.5 Å². The second kappa shape index (κ2) is 6.58. The lowest BCUT2D eigenvalue weighted by Gasteiger charge is -2.22. The van der Waals surface area contributed by atoms with Gasteiger partial charge in [-0.3, -0.25) is 9.69 Å². The SMILES string of the molecule is NC(=O)CN1CCCC1c1cccc(Oc2ccccc2)n1. The van der Waals surface area contributed by atoms with Gasteiger partial charge in [0.15, 0.2) is 0 Å². The van der Waals surface area contributed by atoms with E-state index in [1.807, 2.05) is 48.5 Å². The van der Waals surface area contributed by atoms with E-state index in [-0.39, 0.29) is 18.5 Å². The smallest absolute Gasteiger partial charge is 0.231 e. The molecule has 0 radical (unpaired) electrons. The maximum absolute atomic E-state index is 11.2. The number of hydrogen-bond donors (Lipinski definition) is 1. The molecular weight excluding hydrogens is 278 g/mol. The molecule has 5 nitrogen and oxygen atoms in total. The number of likely N-dealkylation sites (tertiary alicyclic amines) is 1. The third kappa shape index (κ3) is 3.43. The molecule has 1 aliphatic heterocycles. The number of benzene rings is 1. The van der Waals surface area contributed by atoms with Crippen LogP contribution in [0.4, 0.5) is 0 Å². The first-order chi connectivity index (χ1) is 10.7. The van der Waals surface area contributed by atoms with Gasteiger partial charge in [0.05, 0.1) is 18.3 Å². The standard InChI is InChI=1S/C17H19N3O2/c18-16(21)12-20-11-5-9-15(20)14-8-4-10-17(19-14)22-13-6-2-1-3-7-13/h1-4,6-8,10,15H,5,9,11-12H2,(H2,18,21). The number of nitrogens with two attached hydrogens (primary N) is 1. The van der Waals surface area contributed by atoms with Crippen molar-refractivity contribution in [2.24, 2.45) is 5.73 Å². The van der Waals surface area contributed by atoms with E-state index in [2.05, 4.69) is 9.88 Å². The fourth-order valence-corrected chi connectivity index (χ4v) is 2.83. The molecule has 1 atom stereocenters. The molecule has 2 heterocycles. The first-order valence-electron chi connectivity index (χ1n) is 7.44. The zero-order chi connectivity index (χ0) is 15.4. The van der Waals surface area contributed by atoms with Gasteiger partial charge in [-0.2, -0.15) is 0 Å². The van der Waals surface area contributed by atoms with Crippen molar-refractivity contribution in [3.05, 3.63) is 54.2 Å². The van der Waals surface area contributed by atoms with Crippen molar-refractivity contribution in [3.63, 3.8) is 0 Å². The molecule has 2 aromatic rings. The van der Waals surface area contributed by atoms with Crippen LogP contribution in [0.1, 0.15) is 24.6 Å². The largest absolute Gasteiger partial charge is 0.439 e. The Morgan fingerprint density at radius 3 is 2.82 bits per heavy atom. The van der Waals surface area contributed by atoms with Gasteiger partial charge in [0, 0.05) is 6.07 Å². The lowest BCUT2D eigenvalue weighted by Crippen LogP contribution is -2.33. The quantitative estimate of drug-likeness (QED) is 0.920. The number of hydrogen-bond acceptors (Lipinski definition) is 4. The molecule has 22 heavy (non-hydrogen) atoms. The third-order valence-corrected chi connectivity index (χ3v) is 3.77. The van der Waals surface area contributed by atoms with Gasteiger partial charge >= 0.3 is 0 Å². The number of para-hydroxylation sites is 1. The highest BCUT2D eigenvalue weighted by atomic mass is 16.5. The molecule has 1 aromatic heterocycles. The van der Waals surface area contributed by atoms with E-state index in [4.69, 9.17) is 10.5 Å². The zero-order valence-corrected chi connectivity index (χ0v) is 12.3. The molecule has 0 bridgehead atoms. The van der Waals surface area contributed by atoms with Gasteiger partial charge in [0.2, 0.25) is 11.8 Å². The maximum atomic E-state index is 11.2. The summed E-state index contributed by atoms with van der Waals surface area (Å²) in [7, 11) is 0. The second-order valence-electron chi connectivity index (χ2n) is 5.41. The molecule has 0 spiro atoms. The van der Waals surface area contributed by atoms with E-state index >= 15 is 0 Å². The number of carbonyl (C=O) groups excluding carboxylic acids is 1. The van der Waals surface area contributed by atoms with E-state index in [1.165, 1.54) is 0 Å². The predicted molar refractivity (Wildman–Crippen MR) is 83.5 cm³/mol. The topological polar surface area (TPSA) is 68.5 Å². The Labute approximate surface area is 129 Å². The van der Waals surface area contributed by atoms with Crippen molar-refractivity contribution in [3.8, 4) is 11.6 Å². The van der Waals surface area contributed by atoms with Crippen LogP contribution in [0.2, 0.25) is 0 Å². The lowest BCUT2D eigenvalue weighted by atomic mass is 10.1. The molecule has 1 unspecified atom stereocenters. The molecule has 5 heteroatoms. The summed E-state index contributed by atoms with van der Waals surface area (Å²) in [6, 6.07) is 15.4. The second-order valence-corrected chi connectivity index (χ2v) is 5.41. The number of carbonyl (C=O) groups is 1. The Morgan fingerprint density at radius 2 is 2.05 bits per heavy atom. The van der Waals surface area contributed by atoms with Crippen LogP contribution >= 0.6 is 0 Å². The summed E-state index contributed by atoms with van der Waals surface area (Å²) >= 11 is 0. The zero-order valence-electron chi connectivity index (χ0n) is 12.3. The monoisotopic (exact) mass is 297 g/mol. The molecule has 2 N–H and O–H groups in total. The first-order valence-corrected chi connectivity index (χ1v) is 7.44. The Morgan fingerprint density at radius 1 is 1.23 bits per heavy atom. The van der Waals surface area contributed by atoms with E-state index in [9.17, 15) is 4.79 Å². The summed E-state index contributed by atoms with van der Waals surface area (Å²) in [4.78, 5) is 17.8. The molecule has 114 valence electrons. The summed E-state index contributed by atoms with van der Waals surface area (Å²) in [5.41, 5.74) is 6.24. The first kappa shape index (κ1) is 14.5. The van der Waals surface area contributed by atoms with Crippen LogP contribution in [-0.4, -0.2) is 28.9 Å². The van der Waals surface area contributed by atoms with Crippen LogP contribution in [0.5, 0.6) is 11.6 Å². The average molecular weight is 297 g/mol. The van der Waals surface area contributed by atoms with Gasteiger partial charge < -0.3 is 10.5 Å². The highest BCUT2D eigenvalue weighted by Gasteiger charge is 2.28. The summed E-state index contributed by atoms with van der Waals surface area (Å²) < 4.78 is 5.77. The minimum Gasteiger partial charge on any atom is -0.439 e. The molecule has 1 aromatic carbocycles. The van der Waals surface area contributed by atoms with Gasteiger partial charge in [-0.1, -0.05) is 24.3 Å². The normalized spacial score (nSPS) is 18.3. The summed E-state index contributed by atoms with van der Waals surface area (Å²) in [5, 5.41) is 0. The molecule has 1 fully saturated rings. The van der Waals surface area contributed by atoms with E-state index in [0.717, 1.165) is 30.8 Å². The number of pyridine rings is 1. The van der Waals surface area contributed by atoms with Crippen LogP contribution in [-0.2, 0) is 4.79 Å². The van der Waals surface area contributed by atoms with Gasteiger partial charge in [0.25, 0.3) is 0 Å². The predicted octanol–water partition coefficient (Wildman–Crippen LogP) is 2.50. The number of aromatic nitrogens is 1. The Bertz CT molecular complexity index is 645. The highest BCUT2D eigenvalue weighted by Crippen LogP contribution is 2.31. The van der Waals surface area contributed by atoms with Crippen molar-refractivity contribution in [2.75, 3.05) is 13.1 Å². The van der Waals surface area contributed by atoms with Gasteiger partial charge in [-0.05, 0) is 37.6 Å². The fourth-order valence-electron chi connectivity index (χ4n) is 2.83. The van der Waals surface area contributed by atoms with Crippen molar-refractivity contribution in [1.29, 1.82) is 0 Å². The van der Waals surface area contributed by atoms with E-state index < -0.39 is 0 Å². The number of nitrogens with zero attached hydrogens (tertiary/aromatic N) is 2. The third-order valence-electron chi connectivity index (χ3n) is 3.77. The highest BCUT2D eigenvalue weighted by molar-refractivity contribution is 5.76. The Balaban J connectivity index is 1.77. The Kier molecular flexibility index (Phi) is 4.34. The number of primary amides is 1. The summed E-state index contributed by atoms with van der Waals surface area (Å²) in [6.45, 7) is 1.15. The molecule has 1 aliphatic rings. The average Bonchev–Trinajstić information content (AvgIpc) is 2.96. The van der Waals surface area contributed by atoms with Gasteiger partial charge in [-0.25, -0.2) is 4.98 Å². The maximum Gasteiger partial charge on any atom is 0.231 e. The number of amides is 1. The van der Waals surface area contributed by atoms with Crippen molar-refractivity contribution in [1.82, 2.24) is 9.88 Å². The molecule has 1 saturated heterocycles. The minimum atomic E-state index is -0.302. The van der Waals surface area contributed by atoms with Gasteiger partial charge in [0.1, 0.15) is 5.75 Å². The van der Waals surface area contributed by atoms with Crippen LogP contribution in [0.3, 0.4) is 0 Å². The van der Waals surface area contributed by atoms with Crippen molar-refractivity contribution >= 4 is 5.91 Å². The van der Waals surface area contributed by atoms with Crippen molar-refractivity contribution in [2.45, 2.75) is 18.9 Å². The lowest BCUT2D eigenvalue weighted by molar-refractivity contribution is -0.119. The Hall–Kier alpha value is -2.40. The van der Waals surface area contributed by atoms with Crippen LogP contribution in [0.25, 0.3) is 0 Å². The fraction of sp³-hybridized carbons (Fsp3) is 0.294. The number of ether oxygens (including phenoxy) is 1. The van der Waals surface area contributed by atoms with Crippen LogP contribution < -0.4 is 10.5 Å². The van der Waals surface area contributed by atoms with Crippen molar-refractivity contribution < 1.29 is 9.53 Å². The van der Waals surface area contributed by atoms with Gasteiger partial charge in [-0.15, -0.1) is 0 Å². The van der Waals surface area contributed by atoms with Crippen LogP contribution in [0, 0.1) is 0 Å². The van der Waals surface area contributed by atoms with E-state index in [0.29, 0.717) is 5.88 Å². The number of rotatable bonds is 5. The molecular formula is C17H19N3O2. The molecule has 3 rings (SSSR count). The molecule has 0 aliphatic carbocycles.